The third-order valence-electron chi connectivity index (χ3n) is 5.07. The van der Waals surface area contributed by atoms with Crippen molar-refractivity contribution < 1.29 is 14.6 Å². The van der Waals surface area contributed by atoms with E-state index in [2.05, 4.69) is 20.8 Å². The number of hydrogen-bond donors (Lipinski definition) is 1. The van der Waals surface area contributed by atoms with Gasteiger partial charge in [-0.05, 0) is 37.0 Å². The molecule has 0 amide bonds. The van der Waals surface area contributed by atoms with Crippen LogP contribution in [0.2, 0.25) is 0 Å². The Balaban J connectivity index is 2.02. The monoisotopic (exact) mass is 240 g/mol. The van der Waals surface area contributed by atoms with E-state index < -0.39 is 5.97 Å². The van der Waals surface area contributed by atoms with Gasteiger partial charge in [0.1, 0.15) is 0 Å². The Morgan fingerprint density at radius 1 is 1.18 bits per heavy atom. The van der Waals surface area contributed by atoms with E-state index in [4.69, 9.17) is 9.84 Å². The normalized spacial score (nSPS) is 32.9. The summed E-state index contributed by atoms with van der Waals surface area (Å²) in [5.74, 6) is -0.0748. The lowest BCUT2D eigenvalue weighted by molar-refractivity contribution is -0.209. The van der Waals surface area contributed by atoms with E-state index in [1.807, 2.05) is 0 Å². The first-order valence-electron chi connectivity index (χ1n) is 6.67. The van der Waals surface area contributed by atoms with Gasteiger partial charge in [-0.2, -0.15) is 0 Å². The molecule has 0 aromatic rings. The Labute approximate surface area is 104 Å². The molecule has 0 bridgehead atoms. The van der Waals surface area contributed by atoms with Crippen LogP contribution in [0.5, 0.6) is 0 Å². The van der Waals surface area contributed by atoms with Crippen LogP contribution in [0.4, 0.5) is 0 Å². The molecule has 2 aliphatic rings. The van der Waals surface area contributed by atoms with Gasteiger partial charge in [-0.3, -0.25) is 4.79 Å². The highest BCUT2D eigenvalue weighted by Crippen LogP contribution is 2.54. The molecule has 0 unspecified atom stereocenters. The fourth-order valence-electron chi connectivity index (χ4n) is 3.50. The summed E-state index contributed by atoms with van der Waals surface area (Å²) in [7, 11) is 0. The van der Waals surface area contributed by atoms with Crippen molar-refractivity contribution in [3.8, 4) is 0 Å². The maximum atomic E-state index is 11.0. The highest BCUT2D eigenvalue weighted by molar-refractivity contribution is 5.70. The van der Waals surface area contributed by atoms with Gasteiger partial charge in [0.15, 0.2) is 0 Å². The third kappa shape index (κ3) is 2.10. The Hall–Kier alpha value is -0.570. The van der Waals surface area contributed by atoms with Crippen molar-refractivity contribution in [1.29, 1.82) is 0 Å². The molecule has 0 spiro atoms. The van der Waals surface area contributed by atoms with Crippen LogP contribution >= 0.6 is 0 Å². The molecule has 0 atom stereocenters. The first-order chi connectivity index (χ1) is 7.87. The van der Waals surface area contributed by atoms with Crippen LogP contribution in [0.3, 0.4) is 0 Å². The molecule has 17 heavy (non-hydrogen) atoms. The second-order valence-electron chi connectivity index (χ2n) is 6.79. The zero-order chi connectivity index (χ0) is 12.7. The van der Waals surface area contributed by atoms with Crippen molar-refractivity contribution in [2.45, 2.75) is 46.5 Å². The van der Waals surface area contributed by atoms with Crippen LogP contribution in [0, 0.1) is 22.7 Å². The van der Waals surface area contributed by atoms with Crippen molar-refractivity contribution in [1.82, 2.24) is 0 Å². The van der Waals surface area contributed by atoms with Crippen LogP contribution in [0.15, 0.2) is 0 Å². The third-order valence-corrected chi connectivity index (χ3v) is 5.07. The molecule has 2 fully saturated rings. The van der Waals surface area contributed by atoms with E-state index in [-0.39, 0.29) is 16.7 Å². The smallest absolute Gasteiger partial charge is 0.306 e. The molecule has 3 nitrogen and oxygen atoms in total. The molecule has 3 heteroatoms. The lowest BCUT2D eigenvalue weighted by Crippen LogP contribution is -2.57. The summed E-state index contributed by atoms with van der Waals surface area (Å²) >= 11 is 0. The lowest BCUT2D eigenvalue weighted by Gasteiger charge is -2.57. The van der Waals surface area contributed by atoms with Crippen molar-refractivity contribution in [3.05, 3.63) is 0 Å². The summed E-state index contributed by atoms with van der Waals surface area (Å²) in [5, 5.41) is 9.03. The number of carboxylic acid groups (broad SMARTS) is 1. The van der Waals surface area contributed by atoms with Gasteiger partial charge < -0.3 is 9.84 Å². The van der Waals surface area contributed by atoms with Crippen molar-refractivity contribution in [2.75, 3.05) is 13.2 Å². The average molecular weight is 240 g/mol. The van der Waals surface area contributed by atoms with Crippen LogP contribution in [0.25, 0.3) is 0 Å². The van der Waals surface area contributed by atoms with Gasteiger partial charge in [-0.1, -0.05) is 20.8 Å². The largest absolute Gasteiger partial charge is 0.481 e. The number of hydrogen-bond acceptors (Lipinski definition) is 2. The summed E-state index contributed by atoms with van der Waals surface area (Å²) in [6.45, 7) is 8.59. The maximum Gasteiger partial charge on any atom is 0.306 e. The van der Waals surface area contributed by atoms with Gasteiger partial charge >= 0.3 is 5.97 Å². The SMILES string of the molecule is CC(C)(C)C1(C2CCC(C(=O)O)CC2)COC1. The molecule has 1 aliphatic carbocycles. The summed E-state index contributed by atoms with van der Waals surface area (Å²) in [4.78, 5) is 11.0. The van der Waals surface area contributed by atoms with Crippen molar-refractivity contribution >= 4 is 5.97 Å². The molecule has 2 rings (SSSR count). The minimum absolute atomic E-state index is 0.107. The summed E-state index contributed by atoms with van der Waals surface area (Å²) < 4.78 is 5.48. The predicted octanol–water partition coefficient (Wildman–Crippen LogP) is 2.94. The summed E-state index contributed by atoms with van der Waals surface area (Å²) in [6.07, 6.45) is 3.80. The zero-order valence-corrected chi connectivity index (χ0v) is 11.2. The van der Waals surface area contributed by atoms with Gasteiger partial charge in [0.2, 0.25) is 0 Å². The molecule has 1 N–H and O–H groups in total. The minimum Gasteiger partial charge on any atom is -0.481 e. The Bertz CT molecular complexity index is 291. The van der Waals surface area contributed by atoms with E-state index in [0.29, 0.717) is 5.92 Å². The second-order valence-corrected chi connectivity index (χ2v) is 6.79. The predicted molar refractivity (Wildman–Crippen MR) is 65.8 cm³/mol. The molecule has 0 radical (unpaired) electrons. The molecular weight excluding hydrogens is 216 g/mol. The van der Waals surface area contributed by atoms with Gasteiger partial charge in [-0.15, -0.1) is 0 Å². The highest BCUT2D eigenvalue weighted by atomic mass is 16.5. The number of carboxylic acids is 1. The number of ether oxygens (including phenoxy) is 1. The van der Waals surface area contributed by atoms with Crippen LogP contribution in [0.1, 0.15) is 46.5 Å². The molecule has 1 aliphatic heterocycles. The Kier molecular flexibility index (Phi) is 3.23. The number of aliphatic carboxylic acids is 1. The second kappa shape index (κ2) is 4.27. The lowest BCUT2D eigenvalue weighted by atomic mass is 9.55. The van der Waals surface area contributed by atoms with Gasteiger partial charge in [0.25, 0.3) is 0 Å². The Morgan fingerprint density at radius 2 is 1.71 bits per heavy atom. The quantitative estimate of drug-likeness (QED) is 0.807. The van der Waals surface area contributed by atoms with Gasteiger partial charge in [0.05, 0.1) is 19.1 Å². The Morgan fingerprint density at radius 3 is 2.00 bits per heavy atom. The first-order valence-corrected chi connectivity index (χ1v) is 6.67. The fraction of sp³-hybridized carbons (Fsp3) is 0.929. The van der Waals surface area contributed by atoms with E-state index in [1.54, 1.807) is 0 Å². The summed E-state index contributed by atoms with van der Waals surface area (Å²) in [5.41, 5.74) is 0.544. The molecule has 0 aromatic carbocycles. The van der Waals surface area contributed by atoms with E-state index in [1.165, 1.54) is 0 Å². The van der Waals surface area contributed by atoms with Gasteiger partial charge in [-0.25, -0.2) is 0 Å². The topological polar surface area (TPSA) is 46.5 Å². The molecule has 1 saturated heterocycles. The average Bonchev–Trinajstić information content (AvgIpc) is 2.14. The van der Waals surface area contributed by atoms with Crippen LogP contribution in [-0.2, 0) is 9.53 Å². The molecule has 1 heterocycles. The van der Waals surface area contributed by atoms with Crippen LogP contribution in [-0.4, -0.2) is 24.3 Å². The minimum atomic E-state index is -0.613. The number of rotatable bonds is 2. The zero-order valence-electron chi connectivity index (χ0n) is 11.2. The molecule has 0 aromatic heterocycles. The van der Waals surface area contributed by atoms with Crippen molar-refractivity contribution in [2.24, 2.45) is 22.7 Å². The van der Waals surface area contributed by atoms with E-state index in [0.717, 1.165) is 38.9 Å². The van der Waals surface area contributed by atoms with E-state index >= 15 is 0 Å². The molecule has 1 saturated carbocycles. The van der Waals surface area contributed by atoms with Gasteiger partial charge in [0, 0.05) is 5.41 Å². The van der Waals surface area contributed by atoms with Crippen LogP contribution < -0.4 is 0 Å². The fourth-order valence-corrected chi connectivity index (χ4v) is 3.50. The highest BCUT2D eigenvalue weighted by Gasteiger charge is 2.53. The maximum absolute atomic E-state index is 11.0. The molecule has 98 valence electrons. The standard InChI is InChI=1S/C14H24O3/c1-13(2,3)14(8-17-9-14)11-6-4-10(5-7-11)12(15)16/h10-11H,4-9H2,1-3H3,(H,15,16). The van der Waals surface area contributed by atoms with Crippen molar-refractivity contribution in [3.63, 3.8) is 0 Å². The molecular formula is C14H24O3. The van der Waals surface area contributed by atoms with E-state index in [9.17, 15) is 4.79 Å². The number of carbonyl (C=O) groups is 1. The first kappa shape index (κ1) is 12.9. The summed E-state index contributed by atoms with van der Waals surface area (Å²) in [6, 6.07) is 0.